The molecule has 0 saturated heterocycles. The van der Waals surface area contributed by atoms with Crippen LogP contribution in [-0.4, -0.2) is 26.4 Å². The lowest BCUT2D eigenvalue weighted by Crippen LogP contribution is -2.14. The van der Waals surface area contributed by atoms with E-state index in [4.69, 9.17) is 23.2 Å². The average molecular weight is 496 g/mol. The highest BCUT2D eigenvalue weighted by atomic mass is 35.5. The van der Waals surface area contributed by atoms with Gasteiger partial charge in [-0.05, 0) is 41.3 Å². The van der Waals surface area contributed by atoms with Gasteiger partial charge in [0.2, 0.25) is 5.91 Å². The molecule has 2 aromatic carbocycles. The van der Waals surface area contributed by atoms with Crippen LogP contribution in [0.3, 0.4) is 0 Å². The molecular formula is C22H24Cl2N4OS2. The van der Waals surface area contributed by atoms with E-state index in [0.29, 0.717) is 26.9 Å². The van der Waals surface area contributed by atoms with E-state index in [1.165, 1.54) is 17.3 Å². The number of carbonyl (C=O) groups is 1. The van der Waals surface area contributed by atoms with Crippen molar-refractivity contribution in [1.82, 2.24) is 14.8 Å². The molecule has 9 heteroatoms. The van der Waals surface area contributed by atoms with E-state index in [0.717, 1.165) is 22.8 Å². The molecule has 0 unspecified atom stereocenters. The van der Waals surface area contributed by atoms with Crippen molar-refractivity contribution < 1.29 is 4.79 Å². The van der Waals surface area contributed by atoms with E-state index in [2.05, 4.69) is 29.4 Å². The number of anilines is 1. The molecule has 0 spiro atoms. The molecular weight excluding hydrogens is 471 g/mol. The molecule has 3 rings (SSSR count). The molecule has 1 N–H and O–H groups in total. The van der Waals surface area contributed by atoms with Gasteiger partial charge in [-0.1, -0.05) is 67.0 Å². The third-order valence-corrected chi connectivity index (χ3v) is 7.21. The van der Waals surface area contributed by atoms with Gasteiger partial charge in [-0.25, -0.2) is 0 Å². The predicted octanol–water partition coefficient (Wildman–Crippen LogP) is 6.41. The first-order valence-corrected chi connectivity index (χ1v) is 12.7. The topological polar surface area (TPSA) is 59.8 Å². The first-order valence-electron chi connectivity index (χ1n) is 9.76. The number of carbonyl (C=O) groups excluding carboxylic acids is 1. The quantitative estimate of drug-likeness (QED) is 0.348. The van der Waals surface area contributed by atoms with Crippen LogP contribution in [0.1, 0.15) is 36.7 Å². The van der Waals surface area contributed by atoms with Crippen LogP contribution in [0.5, 0.6) is 0 Å². The normalized spacial score (nSPS) is 11.2. The molecule has 164 valence electrons. The number of thioether (sulfide) groups is 2. The lowest BCUT2D eigenvalue weighted by molar-refractivity contribution is -0.113. The van der Waals surface area contributed by atoms with Gasteiger partial charge in [0.25, 0.3) is 0 Å². The molecule has 0 bridgehead atoms. The molecule has 0 aliphatic carbocycles. The zero-order valence-electron chi connectivity index (χ0n) is 17.6. The molecule has 1 heterocycles. The third-order valence-electron chi connectivity index (χ3n) is 4.62. The Morgan fingerprint density at radius 3 is 2.52 bits per heavy atom. The Morgan fingerprint density at radius 2 is 1.84 bits per heavy atom. The number of nitrogens with zero attached hydrogens (tertiary/aromatic N) is 3. The summed E-state index contributed by atoms with van der Waals surface area (Å²) in [5, 5.41) is 13.4. The van der Waals surface area contributed by atoms with Crippen molar-refractivity contribution in [2.75, 3.05) is 11.1 Å². The molecule has 5 nitrogen and oxygen atoms in total. The van der Waals surface area contributed by atoms with Gasteiger partial charge in [0.1, 0.15) is 5.82 Å². The van der Waals surface area contributed by atoms with Crippen molar-refractivity contribution in [3.05, 3.63) is 69.5 Å². The van der Waals surface area contributed by atoms with Crippen molar-refractivity contribution in [2.45, 2.75) is 36.4 Å². The minimum atomic E-state index is -0.0707. The van der Waals surface area contributed by atoms with Crippen LogP contribution in [0.2, 0.25) is 10.0 Å². The largest absolute Gasteiger partial charge is 0.325 e. The molecule has 31 heavy (non-hydrogen) atoms. The van der Waals surface area contributed by atoms with Crippen molar-refractivity contribution in [3.63, 3.8) is 0 Å². The van der Waals surface area contributed by atoms with Crippen LogP contribution in [-0.2, 0) is 23.3 Å². The summed E-state index contributed by atoms with van der Waals surface area (Å²) in [4.78, 5) is 12.3. The van der Waals surface area contributed by atoms with Crippen LogP contribution in [0.25, 0.3) is 0 Å². The lowest BCUT2D eigenvalue weighted by atomic mass is 10.0. The maximum atomic E-state index is 12.3. The summed E-state index contributed by atoms with van der Waals surface area (Å²) in [5.74, 6) is 2.96. The second-order valence-corrected chi connectivity index (χ2v) is 10.1. The second kappa shape index (κ2) is 11.3. The summed E-state index contributed by atoms with van der Waals surface area (Å²) in [7, 11) is 1.91. The number of aromatic nitrogens is 3. The number of halogens is 2. The Hall–Kier alpha value is -1.67. The first-order chi connectivity index (χ1) is 14.8. The molecule has 0 radical (unpaired) electrons. The monoisotopic (exact) mass is 494 g/mol. The molecule has 1 amide bonds. The smallest absolute Gasteiger partial charge is 0.234 e. The van der Waals surface area contributed by atoms with Crippen LogP contribution in [0.15, 0.2) is 47.6 Å². The van der Waals surface area contributed by atoms with Gasteiger partial charge in [-0.2, -0.15) is 0 Å². The maximum Gasteiger partial charge on any atom is 0.234 e. The van der Waals surface area contributed by atoms with E-state index in [1.807, 2.05) is 48.0 Å². The Morgan fingerprint density at radius 1 is 1.10 bits per heavy atom. The number of hydrogen-bond acceptors (Lipinski definition) is 5. The highest BCUT2D eigenvalue weighted by molar-refractivity contribution is 7.99. The summed E-state index contributed by atoms with van der Waals surface area (Å²) in [6.45, 7) is 4.29. The van der Waals surface area contributed by atoms with E-state index in [9.17, 15) is 4.79 Å². The zero-order chi connectivity index (χ0) is 22.4. The molecule has 0 fully saturated rings. The molecule has 0 atom stereocenters. The Balaban J connectivity index is 1.47. The standard InChI is InChI=1S/C22H24Cl2N4OS2/c1-14(2)15-5-8-18(9-6-15)25-21(29)13-31-22-27-26-20(28(22)3)12-30-11-16-4-7-17(23)10-19(16)24/h4-10,14H,11-13H2,1-3H3,(H,25,29). The first kappa shape index (κ1) is 24.0. The Kier molecular flexibility index (Phi) is 8.72. The minimum Gasteiger partial charge on any atom is -0.325 e. The van der Waals surface area contributed by atoms with Crippen LogP contribution in [0.4, 0.5) is 5.69 Å². The Labute approximate surface area is 201 Å². The van der Waals surface area contributed by atoms with Gasteiger partial charge >= 0.3 is 0 Å². The van der Waals surface area contributed by atoms with Crippen molar-refractivity contribution in [2.24, 2.45) is 7.05 Å². The van der Waals surface area contributed by atoms with Gasteiger partial charge < -0.3 is 9.88 Å². The predicted molar refractivity (Wildman–Crippen MR) is 132 cm³/mol. The molecule has 3 aromatic rings. The number of hydrogen-bond donors (Lipinski definition) is 1. The highest BCUT2D eigenvalue weighted by Gasteiger charge is 2.12. The number of rotatable bonds is 9. The van der Waals surface area contributed by atoms with Crippen LogP contribution < -0.4 is 5.32 Å². The summed E-state index contributed by atoms with van der Waals surface area (Å²) in [6.07, 6.45) is 0. The third kappa shape index (κ3) is 6.91. The van der Waals surface area contributed by atoms with E-state index in [1.54, 1.807) is 17.8 Å². The van der Waals surface area contributed by atoms with Crippen molar-refractivity contribution in [1.29, 1.82) is 0 Å². The molecule has 0 saturated carbocycles. The average Bonchev–Trinajstić information content (AvgIpc) is 3.08. The summed E-state index contributed by atoms with van der Waals surface area (Å²) in [5.41, 5.74) is 3.08. The SMILES string of the molecule is CC(C)c1ccc(NC(=O)CSc2nnc(CSCc3ccc(Cl)cc3Cl)n2C)cc1. The molecule has 1 aromatic heterocycles. The van der Waals surface area contributed by atoms with E-state index < -0.39 is 0 Å². The minimum absolute atomic E-state index is 0.0707. The Bertz CT molecular complexity index is 1040. The van der Waals surface area contributed by atoms with Gasteiger partial charge in [0.05, 0.1) is 11.5 Å². The summed E-state index contributed by atoms with van der Waals surface area (Å²) >= 11 is 15.2. The number of benzene rings is 2. The fourth-order valence-electron chi connectivity index (χ4n) is 2.77. The molecule has 0 aliphatic rings. The molecule has 0 aliphatic heterocycles. The summed E-state index contributed by atoms with van der Waals surface area (Å²) < 4.78 is 1.92. The van der Waals surface area contributed by atoms with Crippen molar-refractivity contribution in [3.8, 4) is 0 Å². The summed E-state index contributed by atoms with van der Waals surface area (Å²) in [6, 6.07) is 13.5. The van der Waals surface area contributed by atoms with Crippen LogP contribution in [0, 0.1) is 0 Å². The maximum absolute atomic E-state index is 12.3. The van der Waals surface area contributed by atoms with Crippen molar-refractivity contribution >= 4 is 58.3 Å². The number of nitrogens with one attached hydrogen (secondary N) is 1. The second-order valence-electron chi connectivity index (χ2n) is 7.30. The zero-order valence-corrected chi connectivity index (χ0v) is 20.7. The van der Waals surface area contributed by atoms with Gasteiger partial charge in [-0.3, -0.25) is 4.79 Å². The van der Waals surface area contributed by atoms with E-state index in [-0.39, 0.29) is 11.7 Å². The van der Waals surface area contributed by atoms with Gasteiger partial charge in [0.15, 0.2) is 5.16 Å². The lowest BCUT2D eigenvalue weighted by Gasteiger charge is -2.08. The van der Waals surface area contributed by atoms with Gasteiger partial charge in [0, 0.05) is 28.5 Å². The van der Waals surface area contributed by atoms with Gasteiger partial charge in [-0.15, -0.1) is 22.0 Å². The van der Waals surface area contributed by atoms with Crippen LogP contribution >= 0.6 is 46.7 Å². The number of amides is 1. The fraction of sp³-hybridized carbons (Fsp3) is 0.318. The fourth-order valence-corrected chi connectivity index (χ4v) is 5.06. The van der Waals surface area contributed by atoms with E-state index >= 15 is 0 Å². The highest BCUT2D eigenvalue weighted by Crippen LogP contribution is 2.26.